The quantitative estimate of drug-likeness (QED) is 0.870. The standard InChI is InChI=1S/C15H21ClFN/c1-18-10-13-5-3-2-4-12(13)8-11-6-7-15(17)14(16)9-11/h6-7,9,12-13,18H,2-5,8,10H2,1H3. The Morgan fingerprint density at radius 1 is 1.28 bits per heavy atom. The van der Waals surface area contributed by atoms with E-state index in [1.807, 2.05) is 13.1 Å². The van der Waals surface area contributed by atoms with E-state index >= 15 is 0 Å². The molecular formula is C15H21ClFN. The first-order chi connectivity index (χ1) is 8.70. The Morgan fingerprint density at radius 2 is 2.00 bits per heavy atom. The summed E-state index contributed by atoms with van der Waals surface area (Å²) in [6.07, 6.45) is 6.26. The first kappa shape index (κ1) is 13.8. The molecule has 2 atom stereocenters. The number of hydrogen-bond donors (Lipinski definition) is 1. The molecule has 1 fully saturated rings. The summed E-state index contributed by atoms with van der Waals surface area (Å²) >= 11 is 5.84. The molecule has 18 heavy (non-hydrogen) atoms. The lowest BCUT2D eigenvalue weighted by Gasteiger charge is -2.31. The van der Waals surface area contributed by atoms with Gasteiger partial charge in [0, 0.05) is 0 Å². The molecule has 1 aromatic rings. The topological polar surface area (TPSA) is 12.0 Å². The van der Waals surface area contributed by atoms with Gasteiger partial charge in [-0.25, -0.2) is 4.39 Å². The fraction of sp³-hybridized carbons (Fsp3) is 0.600. The maximum absolute atomic E-state index is 13.1. The molecule has 1 aliphatic carbocycles. The summed E-state index contributed by atoms with van der Waals surface area (Å²) in [4.78, 5) is 0. The van der Waals surface area contributed by atoms with Gasteiger partial charge in [0.1, 0.15) is 5.82 Å². The maximum Gasteiger partial charge on any atom is 0.141 e. The number of hydrogen-bond acceptors (Lipinski definition) is 1. The Morgan fingerprint density at radius 3 is 2.67 bits per heavy atom. The third-order valence-corrected chi connectivity index (χ3v) is 4.30. The van der Waals surface area contributed by atoms with Crippen molar-refractivity contribution in [2.75, 3.05) is 13.6 Å². The summed E-state index contributed by atoms with van der Waals surface area (Å²) in [6.45, 7) is 1.08. The third-order valence-electron chi connectivity index (χ3n) is 4.01. The van der Waals surface area contributed by atoms with Crippen LogP contribution in [0.4, 0.5) is 4.39 Å². The Bertz CT molecular complexity index is 392. The molecule has 1 N–H and O–H groups in total. The summed E-state index contributed by atoms with van der Waals surface area (Å²) in [6, 6.07) is 5.13. The van der Waals surface area contributed by atoms with Crippen LogP contribution in [0, 0.1) is 17.7 Å². The van der Waals surface area contributed by atoms with Gasteiger partial charge in [-0.2, -0.15) is 0 Å². The Balaban J connectivity index is 2.03. The molecule has 2 unspecified atom stereocenters. The van der Waals surface area contributed by atoms with Crippen LogP contribution < -0.4 is 5.32 Å². The highest BCUT2D eigenvalue weighted by molar-refractivity contribution is 6.30. The highest BCUT2D eigenvalue weighted by Crippen LogP contribution is 2.32. The Labute approximate surface area is 114 Å². The van der Waals surface area contributed by atoms with Crippen molar-refractivity contribution in [2.24, 2.45) is 11.8 Å². The van der Waals surface area contributed by atoms with Gasteiger partial charge in [0.15, 0.2) is 0 Å². The van der Waals surface area contributed by atoms with Gasteiger partial charge in [0.25, 0.3) is 0 Å². The lowest BCUT2D eigenvalue weighted by molar-refractivity contribution is 0.232. The molecule has 0 radical (unpaired) electrons. The van der Waals surface area contributed by atoms with E-state index in [9.17, 15) is 4.39 Å². The van der Waals surface area contributed by atoms with Crippen LogP contribution in [0.3, 0.4) is 0 Å². The smallest absolute Gasteiger partial charge is 0.141 e. The molecule has 1 aliphatic rings. The molecule has 100 valence electrons. The lowest BCUT2D eigenvalue weighted by Crippen LogP contribution is -2.30. The molecule has 1 saturated carbocycles. The van der Waals surface area contributed by atoms with E-state index in [2.05, 4.69) is 5.32 Å². The summed E-state index contributed by atoms with van der Waals surface area (Å²) in [5.74, 6) is 1.12. The summed E-state index contributed by atoms with van der Waals surface area (Å²) in [5, 5.41) is 3.53. The van der Waals surface area contributed by atoms with Crippen LogP contribution in [-0.4, -0.2) is 13.6 Å². The van der Waals surface area contributed by atoms with Crippen LogP contribution in [0.25, 0.3) is 0 Å². The fourth-order valence-electron chi connectivity index (χ4n) is 3.05. The molecule has 0 heterocycles. The molecule has 2 rings (SSSR count). The minimum atomic E-state index is -0.323. The molecule has 0 bridgehead atoms. The second-order valence-corrected chi connectivity index (χ2v) is 5.72. The van der Waals surface area contributed by atoms with E-state index in [0.717, 1.165) is 24.4 Å². The highest BCUT2D eigenvalue weighted by Gasteiger charge is 2.24. The zero-order chi connectivity index (χ0) is 13.0. The van der Waals surface area contributed by atoms with Gasteiger partial charge in [-0.15, -0.1) is 0 Å². The minimum absolute atomic E-state index is 0.244. The van der Waals surface area contributed by atoms with Gasteiger partial charge < -0.3 is 5.32 Å². The van der Waals surface area contributed by atoms with Crippen LogP contribution in [-0.2, 0) is 6.42 Å². The van der Waals surface area contributed by atoms with Crippen LogP contribution in [0.2, 0.25) is 5.02 Å². The molecule has 3 heteroatoms. The summed E-state index contributed by atoms with van der Waals surface area (Å²) in [5.41, 5.74) is 1.16. The molecule has 0 amide bonds. The number of nitrogens with one attached hydrogen (secondary N) is 1. The zero-order valence-corrected chi connectivity index (χ0v) is 11.6. The van der Waals surface area contributed by atoms with Crippen molar-refractivity contribution in [1.29, 1.82) is 0 Å². The summed E-state index contributed by atoms with van der Waals surface area (Å²) in [7, 11) is 2.01. The predicted molar refractivity (Wildman–Crippen MR) is 74.5 cm³/mol. The highest BCUT2D eigenvalue weighted by atomic mass is 35.5. The molecule has 0 saturated heterocycles. The van der Waals surface area contributed by atoms with Crippen LogP contribution in [0.1, 0.15) is 31.2 Å². The molecule has 1 aromatic carbocycles. The van der Waals surface area contributed by atoms with Crippen LogP contribution in [0.5, 0.6) is 0 Å². The number of rotatable bonds is 4. The Kier molecular flexibility index (Phi) is 5.02. The molecular weight excluding hydrogens is 249 g/mol. The van der Waals surface area contributed by atoms with Crippen molar-refractivity contribution >= 4 is 11.6 Å². The SMILES string of the molecule is CNCC1CCCCC1Cc1ccc(F)c(Cl)c1. The van der Waals surface area contributed by atoms with E-state index in [1.165, 1.54) is 31.7 Å². The van der Waals surface area contributed by atoms with E-state index in [4.69, 9.17) is 11.6 Å². The molecule has 0 aromatic heterocycles. The zero-order valence-electron chi connectivity index (χ0n) is 10.9. The fourth-order valence-corrected chi connectivity index (χ4v) is 3.26. The van der Waals surface area contributed by atoms with Crippen molar-refractivity contribution in [1.82, 2.24) is 5.32 Å². The largest absolute Gasteiger partial charge is 0.319 e. The van der Waals surface area contributed by atoms with E-state index in [-0.39, 0.29) is 10.8 Å². The van der Waals surface area contributed by atoms with Gasteiger partial charge >= 0.3 is 0 Å². The van der Waals surface area contributed by atoms with Gasteiger partial charge in [0.05, 0.1) is 5.02 Å². The normalized spacial score (nSPS) is 24.2. The second-order valence-electron chi connectivity index (χ2n) is 5.31. The van der Waals surface area contributed by atoms with Crippen molar-refractivity contribution in [3.63, 3.8) is 0 Å². The van der Waals surface area contributed by atoms with Crippen LogP contribution >= 0.6 is 11.6 Å². The first-order valence-electron chi connectivity index (χ1n) is 6.79. The molecule has 0 aliphatic heterocycles. The average molecular weight is 270 g/mol. The second kappa shape index (κ2) is 6.53. The van der Waals surface area contributed by atoms with Gasteiger partial charge in [-0.05, 0) is 62.4 Å². The van der Waals surface area contributed by atoms with E-state index in [0.29, 0.717) is 5.92 Å². The monoisotopic (exact) mass is 269 g/mol. The van der Waals surface area contributed by atoms with E-state index in [1.54, 1.807) is 6.07 Å². The van der Waals surface area contributed by atoms with Gasteiger partial charge in [0.2, 0.25) is 0 Å². The number of halogens is 2. The van der Waals surface area contributed by atoms with Crippen molar-refractivity contribution in [2.45, 2.75) is 32.1 Å². The minimum Gasteiger partial charge on any atom is -0.319 e. The predicted octanol–water partition coefficient (Wildman–Crippen LogP) is 4.05. The maximum atomic E-state index is 13.1. The average Bonchev–Trinajstić information content (AvgIpc) is 2.37. The van der Waals surface area contributed by atoms with Crippen molar-refractivity contribution in [3.05, 3.63) is 34.6 Å². The van der Waals surface area contributed by atoms with E-state index < -0.39 is 0 Å². The third kappa shape index (κ3) is 3.46. The molecule has 1 nitrogen and oxygen atoms in total. The Hall–Kier alpha value is -0.600. The van der Waals surface area contributed by atoms with Gasteiger partial charge in [-0.1, -0.05) is 30.5 Å². The summed E-state index contributed by atoms with van der Waals surface area (Å²) < 4.78 is 13.1. The molecule has 0 spiro atoms. The van der Waals surface area contributed by atoms with Crippen molar-refractivity contribution < 1.29 is 4.39 Å². The van der Waals surface area contributed by atoms with Crippen LogP contribution in [0.15, 0.2) is 18.2 Å². The van der Waals surface area contributed by atoms with Crippen molar-refractivity contribution in [3.8, 4) is 0 Å². The first-order valence-corrected chi connectivity index (χ1v) is 7.17. The lowest BCUT2D eigenvalue weighted by atomic mass is 9.76. The van der Waals surface area contributed by atoms with Gasteiger partial charge in [-0.3, -0.25) is 0 Å². The number of benzene rings is 1.